The van der Waals surface area contributed by atoms with Crippen LogP contribution in [0.4, 0.5) is 34.1 Å². The van der Waals surface area contributed by atoms with Gasteiger partial charge < -0.3 is 18.9 Å². The van der Waals surface area contributed by atoms with E-state index < -0.39 is 0 Å². The number of para-hydroxylation sites is 4. The minimum absolute atomic E-state index is 0.0556. The smallest absolute Gasteiger partial charge is 0.252 e. The highest BCUT2D eigenvalue weighted by molar-refractivity contribution is 7.00. The molecular formula is C66H47BN4. The molecule has 0 unspecified atom stereocenters. The Bertz CT molecular complexity index is 4080. The molecule has 0 fully saturated rings. The van der Waals surface area contributed by atoms with Crippen molar-refractivity contribution < 1.29 is 0 Å². The molecule has 2 aliphatic rings. The summed E-state index contributed by atoms with van der Waals surface area (Å²) in [5, 5.41) is 10.00. The molecule has 13 aromatic rings. The second-order valence-electron chi connectivity index (χ2n) is 20.5. The van der Waals surface area contributed by atoms with Crippen LogP contribution in [0.1, 0.15) is 26.3 Å². The number of hydrogen-bond donors (Lipinski definition) is 0. The molecule has 0 N–H and O–H groups in total. The first kappa shape index (κ1) is 40.1. The zero-order valence-electron chi connectivity index (χ0n) is 39.8. The van der Waals surface area contributed by atoms with E-state index in [0.717, 1.165) is 22.7 Å². The zero-order chi connectivity index (χ0) is 47.1. The second-order valence-corrected chi connectivity index (χ2v) is 20.5. The molecule has 2 aliphatic heterocycles. The van der Waals surface area contributed by atoms with E-state index in [9.17, 15) is 0 Å². The van der Waals surface area contributed by atoms with Crippen LogP contribution in [0.2, 0.25) is 0 Å². The molecule has 4 nitrogen and oxygen atoms in total. The van der Waals surface area contributed by atoms with Crippen molar-refractivity contribution in [3.05, 3.63) is 236 Å². The van der Waals surface area contributed by atoms with Crippen LogP contribution >= 0.6 is 0 Å². The fourth-order valence-electron chi connectivity index (χ4n) is 12.4. The van der Waals surface area contributed by atoms with Crippen molar-refractivity contribution >= 4 is 122 Å². The van der Waals surface area contributed by atoms with Crippen LogP contribution in [0, 0.1) is 0 Å². The Hall–Kier alpha value is -8.80. The molecule has 2 aromatic heterocycles. The highest BCUT2D eigenvalue weighted by Crippen LogP contribution is 2.48. The van der Waals surface area contributed by atoms with E-state index in [1.165, 1.54) is 110 Å². The minimum atomic E-state index is -0.149. The molecule has 334 valence electrons. The van der Waals surface area contributed by atoms with Gasteiger partial charge in [0.05, 0.1) is 22.1 Å². The van der Waals surface area contributed by atoms with E-state index in [4.69, 9.17) is 0 Å². The first-order valence-corrected chi connectivity index (χ1v) is 24.9. The van der Waals surface area contributed by atoms with E-state index in [0.29, 0.717) is 0 Å². The molecular weight excluding hydrogens is 860 g/mol. The zero-order valence-corrected chi connectivity index (χ0v) is 39.8. The summed E-state index contributed by atoms with van der Waals surface area (Å²) in [6.07, 6.45) is 0. The van der Waals surface area contributed by atoms with Crippen molar-refractivity contribution in [2.75, 3.05) is 9.80 Å². The quantitative estimate of drug-likeness (QED) is 0.164. The predicted octanol–water partition coefficient (Wildman–Crippen LogP) is 15.6. The Morgan fingerprint density at radius 2 is 0.732 bits per heavy atom. The second kappa shape index (κ2) is 14.9. The van der Waals surface area contributed by atoms with Gasteiger partial charge in [0.25, 0.3) is 6.71 Å². The summed E-state index contributed by atoms with van der Waals surface area (Å²) < 4.78 is 5.02. The topological polar surface area (TPSA) is 16.3 Å². The van der Waals surface area contributed by atoms with E-state index >= 15 is 0 Å². The largest absolute Gasteiger partial charge is 0.311 e. The lowest BCUT2D eigenvalue weighted by Crippen LogP contribution is -2.61. The Morgan fingerprint density at radius 3 is 1.18 bits per heavy atom. The van der Waals surface area contributed by atoms with Crippen LogP contribution < -0.4 is 26.2 Å². The first-order valence-electron chi connectivity index (χ1n) is 24.9. The van der Waals surface area contributed by atoms with Gasteiger partial charge in [0.1, 0.15) is 0 Å². The highest BCUT2D eigenvalue weighted by atomic mass is 15.2. The Morgan fingerprint density at radius 1 is 0.324 bits per heavy atom. The van der Waals surface area contributed by atoms with Crippen LogP contribution in [0.5, 0.6) is 0 Å². The molecule has 0 aliphatic carbocycles. The summed E-state index contributed by atoms with van der Waals surface area (Å²) in [5.74, 6) is 0. The number of hydrogen-bond acceptors (Lipinski definition) is 2. The minimum Gasteiger partial charge on any atom is -0.311 e. The number of anilines is 6. The van der Waals surface area contributed by atoms with Gasteiger partial charge in [0.15, 0.2) is 0 Å². The summed E-state index contributed by atoms with van der Waals surface area (Å²) in [6, 6.07) is 86.2. The predicted molar refractivity (Wildman–Crippen MR) is 303 cm³/mol. The lowest BCUT2D eigenvalue weighted by Gasteiger charge is -2.45. The van der Waals surface area contributed by atoms with E-state index in [-0.39, 0.29) is 12.1 Å². The fourth-order valence-corrected chi connectivity index (χ4v) is 12.4. The maximum absolute atomic E-state index is 2.56. The van der Waals surface area contributed by atoms with Gasteiger partial charge in [-0.3, -0.25) is 0 Å². The van der Waals surface area contributed by atoms with Crippen LogP contribution in [0.15, 0.2) is 231 Å². The lowest BCUT2D eigenvalue weighted by atomic mass is 9.33. The molecule has 0 spiro atoms. The van der Waals surface area contributed by atoms with Gasteiger partial charge in [0, 0.05) is 77.8 Å². The van der Waals surface area contributed by atoms with Crippen molar-refractivity contribution in [3.63, 3.8) is 0 Å². The molecule has 0 saturated carbocycles. The molecule has 0 saturated heterocycles. The maximum Gasteiger partial charge on any atom is 0.252 e. The highest BCUT2D eigenvalue weighted by Gasteiger charge is 2.44. The standard InChI is InChI=1S/C66H47BN4/c1-66(2,3)44-38-61-63-62(39-44)69(46-22-8-5-9-23-46)60-41-48(71-58-29-17-15-27-52(58)54-35-31-43-19-11-13-25-50(43)65(54)71)33-37-56(60)67(63)55-36-32-47(40-59(55)68(61)45-20-6-4-7-21-45)70-57-28-16-14-26-51(57)53-34-30-42-18-10-12-24-49(42)64(53)70/h4-41H,1-3H3. The summed E-state index contributed by atoms with van der Waals surface area (Å²) in [7, 11) is 0. The van der Waals surface area contributed by atoms with Crippen LogP contribution in [-0.2, 0) is 5.41 Å². The van der Waals surface area contributed by atoms with Crippen LogP contribution in [0.25, 0.3) is 76.5 Å². The number of nitrogens with zero attached hydrogens (tertiary/aromatic N) is 4. The Labute approximate surface area is 412 Å². The summed E-state index contributed by atoms with van der Waals surface area (Å²) >= 11 is 0. The molecule has 71 heavy (non-hydrogen) atoms. The third-order valence-electron chi connectivity index (χ3n) is 15.6. The Balaban J connectivity index is 1.05. The van der Waals surface area contributed by atoms with Gasteiger partial charge in [-0.1, -0.05) is 178 Å². The Kier molecular flexibility index (Phi) is 8.40. The third kappa shape index (κ3) is 5.75. The van der Waals surface area contributed by atoms with Crippen molar-refractivity contribution in [1.82, 2.24) is 9.13 Å². The first-order chi connectivity index (χ1) is 34.9. The van der Waals surface area contributed by atoms with Gasteiger partial charge in [0.2, 0.25) is 0 Å². The van der Waals surface area contributed by atoms with Gasteiger partial charge in [-0.2, -0.15) is 0 Å². The monoisotopic (exact) mass is 906 g/mol. The van der Waals surface area contributed by atoms with Crippen molar-refractivity contribution in [1.29, 1.82) is 0 Å². The summed E-state index contributed by atoms with van der Waals surface area (Å²) in [4.78, 5) is 5.11. The summed E-state index contributed by atoms with van der Waals surface area (Å²) in [6.45, 7) is 6.99. The normalized spacial score (nSPS) is 13.2. The lowest BCUT2D eigenvalue weighted by molar-refractivity contribution is 0.590. The van der Waals surface area contributed by atoms with Crippen LogP contribution in [-0.4, -0.2) is 15.8 Å². The number of fused-ring (bicyclic) bond motifs is 14. The average molecular weight is 907 g/mol. The SMILES string of the molecule is CC(C)(C)c1cc2c3c(c1)N(c1ccccc1)c1cc(-n4c5ccccc5c5ccc6ccccc6c54)ccc1B3c1ccc(-n3c4ccccc4c4ccc5ccccc5c43)cc1N2c1ccccc1. The van der Waals surface area contributed by atoms with Crippen molar-refractivity contribution in [2.24, 2.45) is 0 Å². The fraction of sp³-hybridized carbons (Fsp3) is 0.0606. The van der Waals surface area contributed by atoms with Gasteiger partial charge in [-0.25, -0.2) is 0 Å². The van der Waals surface area contributed by atoms with Crippen molar-refractivity contribution in [3.8, 4) is 11.4 Å². The molecule has 4 heterocycles. The third-order valence-corrected chi connectivity index (χ3v) is 15.6. The number of aromatic nitrogens is 2. The number of rotatable bonds is 4. The maximum atomic E-state index is 2.56. The molecule has 0 amide bonds. The molecule has 0 radical (unpaired) electrons. The van der Waals surface area contributed by atoms with Gasteiger partial charge in [-0.05, 0) is 111 Å². The molecule has 5 heteroatoms. The van der Waals surface area contributed by atoms with Gasteiger partial charge >= 0.3 is 0 Å². The van der Waals surface area contributed by atoms with E-state index in [2.05, 4.69) is 270 Å². The van der Waals surface area contributed by atoms with Gasteiger partial charge in [-0.15, -0.1) is 0 Å². The van der Waals surface area contributed by atoms with Crippen LogP contribution in [0.3, 0.4) is 0 Å². The van der Waals surface area contributed by atoms with E-state index in [1.807, 2.05) is 0 Å². The molecule has 0 bridgehead atoms. The molecule has 15 rings (SSSR count). The summed E-state index contributed by atoms with van der Waals surface area (Å²) in [5.41, 5.74) is 19.2. The molecule has 11 aromatic carbocycles. The number of benzene rings is 11. The van der Waals surface area contributed by atoms with E-state index in [1.54, 1.807) is 0 Å². The van der Waals surface area contributed by atoms with Crippen molar-refractivity contribution in [2.45, 2.75) is 26.2 Å². The average Bonchev–Trinajstić information content (AvgIpc) is 3.94. The molecule has 0 atom stereocenters.